The number of halogens is 4. The van der Waals surface area contributed by atoms with Crippen LogP contribution in [0.2, 0.25) is 0 Å². The fraction of sp³-hybridized carbons (Fsp3) is 0.364. The van der Waals surface area contributed by atoms with Crippen LogP contribution in [0, 0.1) is 5.82 Å². The lowest BCUT2D eigenvalue weighted by Crippen LogP contribution is -2.34. The van der Waals surface area contributed by atoms with E-state index in [1.54, 1.807) is 6.07 Å². The van der Waals surface area contributed by atoms with E-state index >= 15 is 0 Å². The molecule has 0 aromatic heterocycles. The van der Waals surface area contributed by atoms with Gasteiger partial charge >= 0.3 is 21.6 Å². The van der Waals surface area contributed by atoms with Crippen molar-refractivity contribution in [3.8, 4) is 0 Å². The van der Waals surface area contributed by atoms with E-state index in [9.17, 15) is 22.4 Å². The topological polar surface area (TPSA) is 91.7 Å². The van der Waals surface area contributed by atoms with E-state index in [1.165, 1.54) is 12.1 Å². The molecule has 0 amide bonds. The first-order valence-corrected chi connectivity index (χ1v) is 6.90. The highest BCUT2D eigenvalue weighted by Crippen LogP contribution is 2.21. The van der Waals surface area contributed by atoms with Gasteiger partial charge in [0.25, 0.3) is 0 Å². The Balaban J connectivity index is 0.000000472. The van der Waals surface area contributed by atoms with Gasteiger partial charge < -0.3 is 5.11 Å². The smallest absolute Gasteiger partial charge is 0.478 e. The standard InChI is InChI=1S/C10H12FNO2.CHF3O3S/c1-12(2,3)7-4-5-8(10(13)14)9(11)6-7;2-1(3,4)8(5,6)7/h4-6H,1-3H3;(H,5,6,7)/p+1. The summed E-state index contributed by atoms with van der Waals surface area (Å²) < 4.78 is 71.2. The number of hydrogen-bond donors (Lipinski definition) is 2. The summed E-state index contributed by atoms with van der Waals surface area (Å²) in [5.41, 5.74) is -5.10. The van der Waals surface area contributed by atoms with Crippen LogP contribution in [0.4, 0.5) is 23.2 Å². The van der Waals surface area contributed by atoms with E-state index in [-0.39, 0.29) is 5.56 Å². The molecule has 0 saturated heterocycles. The van der Waals surface area contributed by atoms with Crippen LogP contribution in [-0.4, -0.2) is 50.7 Å². The minimum absolute atomic E-state index is 0.290. The van der Waals surface area contributed by atoms with E-state index < -0.39 is 27.4 Å². The van der Waals surface area contributed by atoms with Crippen LogP contribution in [0.15, 0.2) is 18.2 Å². The second kappa shape index (κ2) is 6.58. The van der Waals surface area contributed by atoms with Gasteiger partial charge in [0.15, 0.2) is 0 Å². The third kappa shape index (κ3) is 5.95. The predicted molar refractivity (Wildman–Crippen MR) is 70.5 cm³/mol. The fourth-order valence-corrected chi connectivity index (χ4v) is 1.09. The molecule has 0 aliphatic heterocycles. The number of hydrogen-bond acceptors (Lipinski definition) is 3. The van der Waals surface area contributed by atoms with Gasteiger partial charge in [-0.15, -0.1) is 0 Å². The van der Waals surface area contributed by atoms with Gasteiger partial charge in [-0.05, 0) is 6.07 Å². The van der Waals surface area contributed by atoms with Crippen LogP contribution in [0.3, 0.4) is 0 Å². The van der Waals surface area contributed by atoms with Crippen LogP contribution < -0.4 is 4.48 Å². The second-order valence-electron chi connectivity index (χ2n) is 4.90. The summed E-state index contributed by atoms with van der Waals surface area (Å²) in [6.07, 6.45) is 0. The maximum Gasteiger partial charge on any atom is 0.522 e. The Morgan fingerprint density at radius 1 is 1.18 bits per heavy atom. The minimum atomic E-state index is -5.84. The quantitative estimate of drug-likeness (QED) is 0.370. The third-order valence-electron chi connectivity index (χ3n) is 2.25. The maximum absolute atomic E-state index is 13.2. The molecule has 0 bridgehead atoms. The number of benzene rings is 1. The van der Waals surface area contributed by atoms with Crippen LogP contribution in [-0.2, 0) is 10.1 Å². The number of carboxylic acids is 1. The summed E-state index contributed by atoms with van der Waals surface area (Å²) >= 11 is 0. The molecular weight excluding hydrogens is 334 g/mol. The number of carboxylic acid groups (broad SMARTS) is 1. The van der Waals surface area contributed by atoms with Crippen molar-refractivity contribution in [1.29, 1.82) is 0 Å². The van der Waals surface area contributed by atoms with Crippen molar-refractivity contribution in [3.05, 3.63) is 29.6 Å². The SMILES string of the molecule is C[N+](C)(C)c1ccc(C(=O)O)c(F)c1.O=S(=O)(O)C(F)(F)F. The highest BCUT2D eigenvalue weighted by molar-refractivity contribution is 7.86. The molecule has 1 aromatic rings. The number of rotatable bonds is 2. The molecule has 2 N–H and O–H groups in total. The third-order valence-corrected chi connectivity index (χ3v) is 2.84. The Labute approximate surface area is 123 Å². The fourth-order valence-electron chi connectivity index (χ4n) is 1.09. The summed E-state index contributed by atoms with van der Waals surface area (Å²) in [4.78, 5) is 10.5. The molecular formula is C11H14F4NO5S+. The summed E-state index contributed by atoms with van der Waals surface area (Å²) in [5.74, 6) is -1.93. The van der Waals surface area contributed by atoms with Gasteiger partial charge in [-0.2, -0.15) is 21.6 Å². The second-order valence-corrected chi connectivity index (χ2v) is 6.32. The van der Waals surface area contributed by atoms with Crippen molar-refractivity contribution in [1.82, 2.24) is 4.48 Å². The van der Waals surface area contributed by atoms with Crippen LogP contribution >= 0.6 is 0 Å². The monoisotopic (exact) mass is 348 g/mol. The van der Waals surface area contributed by atoms with Gasteiger partial charge in [0, 0.05) is 12.1 Å². The molecule has 1 aromatic carbocycles. The number of nitrogens with zero attached hydrogens (tertiary/aromatic N) is 1. The average molecular weight is 348 g/mol. The number of alkyl halides is 3. The number of quaternary nitrogens is 1. The number of aromatic carboxylic acids is 1. The first-order valence-electron chi connectivity index (χ1n) is 5.46. The van der Waals surface area contributed by atoms with Gasteiger partial charge in [0.2, 0.25) is 0 Å². The van der Waals surface area contributed by atoms with Crippen LogP contribution in [0.25, 0.3) is 0 Å². The van der Waals surface area contributed by atoms with Gasteiger partial charge in [0.1, 0.15) is 11.5 Å². The van der Waals surface area contributed by atoms with Crippen molar-refractivity contribution in [2.24, 2.45) is 0 Å². The first kappa shape index (κ1) is 20.3. The normalized spacial score (nSPS) is 12.4. The molecule has 11 heteroatoms. The largest absolute Gasteiger partial charge is 0.522 e. The Hall–Kier alpha value is -1.72. The molecule has 22 heavy (non-hydrogen) atoms. The van der Waals surface area contributed by atoms with Crippen molar-refractivity contribution >= 4 is 21.8 Å². The Bertz CT molecular complexity index is 649. The summed E-state index contributed by atoms with van der Waals surface area (Å²) in [5, 5.41) is 8.61. The molecule has 0 spiro atoms. The molecule has 6 nitrogen and oxygen atoms in total. The lowest BCUT2D eigenvalue weighted by Gasteiger charge is -2.23. The number of carbonyl (C=O) groups is 1. The zero-order valence-electron chi connectivity index (χ0n) is 11.7. The molecule has 0 radical (unpaired) electrons. The van der Waals surface area contributed by atoms with Gasteiger partial charge in [-0.3, -0.25) is 9.04 Å². The molecule has 0 saturated carbocycles. The summed E-state index contributed by atoms with van der Waals surface area (Å²) in [7, 11) is -0.188. The molecule has 0 fully saturated rings. The van der Waals surface area contributed by atoms with Gasteiger partial charge in [-0.25, -0.2) is 9.18 Å². The predicted octanol–water partition coefficient (Wildman–Crippen LogP) is 2.11. The van der Waals surface area contributed by atoms with Crippen molar-refractivity contribution in [2.75, 3.05) is 21.1 Å². The molecule has 1 rings (SSSR count). The Kier molecular flexibility index (Phi) is 6.07. The highest BCUT2D eigenvalue weighted by atomic mass is 32.2. The molecule has 0 aliphatic rings. The molecule has 126 valence electrons. The maximum atomic E-state index is 13.2. The molecule has 0 heterocycles. The van der Waals surface area contributed by atoms with E-state index in [2.05, 4.69) is 0 Å². The van der Waals surface area contributed by atoms with Crippen molar-refractivity contribution < 1.29 is 40.4 Å². The van der Waals surface area contributed by atoms with E-state index in [0.717, 1.165) is 5.69 Å². The molecule has 0 atom stereocenters. The minimum Gasteiger partial charge on any atom is -0.478 e. The van der Waals surface area contributed by atoms with Gasteiger partial charge in [-0.1, -0.05) is 0 Å². The van der Waals surface area contributed by atoms with Crippen molar-refractivity contribution in [2.45, 2.75) is 5.51 Å². The van der Waals surface area contributed by atoms with Crippen LogP contribution in [0.5, 0.6) is 0 Å². The lowest BCUT2D eigenvalue weighted by atomic mass is 10.2. The van der Waals surface area contributed by atoms with Gasteiger partial charge in [0.05, 0.1) is 26.7 Å². The molecule has 0 aliphatic carbocycles. The van der Waals surface area contributed by atoms with E-state index in [0.29, 0.717) is 4.48 Å². The Morgan fingerprint density at radius 2 is 1.59 bits per heavy atom. The zero-order chi connectivity index (χ0) is 17.9. The summed E-state index contributed by atoms with van der Waals surface area (Å²) in [6.45, 7) is 0. The first-order chi connectivity index (χ1) is 9.57. The Morgan fingerprint density at radius 3 is 1.82 bits per heavy atom. The molecule has 0 unspecified atom stereocenters. The van der Waals surface area contributed by atoms with E-state index in [1.807, 2.05) is 21.1 Å². The van der Waals surface area contributed by atoms with E-state index in [4.69, 9.17) is 18.1 Å². The highest BCUT2D eigenvalue weighted by Gasteiger charge is 2.44. The average Bonchev–Trinajstić information content (AvgIpc) is 2.25. The lowest BCUT2D eigenvalue weighted by molar-refractivity contribution is -0.0510. The zero-order valence-corrected chi connectivity index (χ0v) is 12.5. The van der Waals surface area contributed by atoms with Crippen LogP contribution in [0.1, 0.15) is 10.4 Å². The van der Waals surface area contributed by atoms with Crippen molar-refractivity contribution in [3.63, 3.8) is 0 Å². The summed E-state index contributed by atoms with van der Waals surface area (Å²) in [6, 6.07) is 4.16.